The summed E-state index contributed by atoms with van der Waals surface area (Å²) in [6, 6.07) is 19.6. The molecular formula is C22H18Cl2FN3. The van der Waals surface area contributed by atoms with Crippen molar-refractivity contribution in [3.05, 3.63) is 104 Å². The molecule has 0 saturated heterocycles. The summed E-state index contributed by atoms with van der Waals surface area (Å²) in [6.45, 7) is 1.82. The molecule has 0 spiro atoms. The molecule has 0 saturated carbocycles. The lowest BCUT2D eigenvalue weighted by Crippen LogP contribution is -2.16. The lowest BCUT2D eigenvalue weighted by molar-refractivity contribution is 0.555. The van der Waals surface area contributed by atoms with Crippen LogP contribution in [0, 0.1) is 5.82 Å². The molecule has 2 atom stereocenters. The van der Waals surface area contributed by atoms with Crippen molar-refractivity contribution < 1.29 is 4.39 Å². The van der Waals surface area contributed by atoms with Crippen LogP contribution in [0.1, 0.15) is 24.0 Å². The highest BCUT2D eigenvalue weighted by Crippen LogP contribution is 2.32. The lowest BCUT2D eigenvalue weighted by atomic mass is 9.86. The number of nitrogens with zero attached hydrogens (tertiary/aromatic N) is 3. The van der Waals surface area contributed by atoms with Crippen molar-refractivity contribution >= 4 is 23.2 Å². The molecule has 0 bridgehead atoms. The Hall–Kier alpha value is -2.52. The highest BCUT2D eigenvalue weighted by Gasteiger charge is 2.21. The number of azide groups is 1. The van der Waals surface area contributed by atoms with Gasteiger partial charge in [0.1, 0.15) is 5.82 Å². The maximum Gasteiger partial charge on any atom is 0.131 e. The summed E-state index contributed by atoms with van der Waals surface area (Å²) < 4.78 is 14.9. The number of hydrogen-bond acceptors (Lipinski definition) is 1. The lowest BCUT2D eigenvalue weighted by Gasteiger charge is -2.22. The van der Waals surface area contributed by atoms with Gasteiger partial charge in [0.25, 0.3) is 0 Å². The van der Waals surface area contributed by atoms with Gasteiger partial charge in [0.2, 0.25) is 0 Å². The van der Waals surface area contributed by atoms with Gasteiger partial charge in [-0.1, -0.05) is 83.8 Å². The van der Waals surface area contributed by atoms with E-state index < -0.39 is 0 Å². The zero-order chi connectivity index (χ0) is 20.1. The molecule has 142 valence electrons. The topological polar surface area (TPSA) is 48.8 Å². The van der Waals surface area contributed by atoms with E-state index in [-0.39, 0.29) is 17.8 Å². The van der Waals surface area contributed by atoms with Crippen LogP contribution in [0.4, 0.5) is 4.39 Å². The Morgan fingerprint density at radius 1 is 1.00 bits per heavy atom. The molecule has 3 aromatic rings. The molecule has 0 aliphatic heterocycles. The number of benzene rings is 3. The quantitative estimate of drug-likeness (QED) is 0.224. The first-order valence-electron chi connectivity index (χ1n) is 8.82. The predicted octanol–water partition coefficient (Wildman–Crippen LogP) is 7.82. The zero-order valence-corrected chi connectivity index (χ0v) is 16.7. The second-order valence-corrected chi connectivity index (χ2v) is 7.42. The summed E-state index contributed by atoms with van der Waals surface area (Å²) in [5.41, 5.74) is 11.9. The van der Waals surface area contributed by atoms with Crippen LogP contribution in [0.5, 0.6) is 0 Å². The van der Waals surface area contributed by atoms with E-state index in [1.807, 2.05) is 49.4 Å². The molecule has 0 radical (unpaired) electrons. The predicted molar refractivity (Wildman–Crippen MR) is 113 cm³/mol. The van der Waals surface area contributed by atoms with Gasteiger partial charge in [-0.2, -0.15) is 0 Å². The van der Waals surface area contributed by atoms with E-state index in [2.05, 4.69) is 10.0 Å². The summed E-state index contributed by atoms with van der Waals surface area (Å²) in [5.74, 6) is -0.511. The van der Waals surface area contributed by atoms with Crippen molar-refractivity contribution in [2.75, 3.05) is 0 Å². The van der Waals surface area contributed by atoms with E-state index >= 15 is 0 Å². The van der Waals surface area contributed by atoms with Crippen molar-refractivity contribution in [1.82, 2.24) is 0 Å². The van der Waals surface area contributed by atoms with E-state index in [1.165, 1.54) is 6.07 Å². The number of halogens is 3. The minimum absolute atomic E-state index is 0.201. The average Bonchev–Trinajstić information content (AvgIpc) is 2.69. The molecule has 0 heterocycles. The van der Waals surface area contributed by atoms with Gasteiger partial charge in [-0.05, 0) is 52.8 Å². The van der Waals surface area contributed by atoms with Gasteiger partial charge in [0, 0.05) is 16.5 Å². The monoisotopic (exact) mass is 413 g/mol. The van der Waals surface area contributed by atoms with Crippen molar-refractivity contribution in [1.29, 1.82) is 0 Å². The Bertz CT molecular complexity index is 1020. The maximum atomic E-state index is 14.9. The van der Waals surface area contributed by atoms with Gasteiger partial charge in [-0.3, -0.25) is 0 Å². The van der Waals surface area contributed by atoms with E-state index in [0.717, 1.165) is 16.7 Å². The third-order valence-corrected chi connectivity index (χ3v) is 5.50. The summed E-state index contributed by atoms with van der Waals surface area (Å²) in [4.78, 5) is 2.93. The van der Waals surface area contributed by atoms with Crippen LogP contribution in [0.3, 0.4) is 0 Å². The Labute approximate surface area is 173 Å². The molecule has 3 rings (SSSR count). The summed E-state index contributed by atoms with van der Waals surface area (Å²) >= 11 is 12.1. The first-order valence-corrected chi connectivity index (χ1v) is 9.58. The third kappa shape index (κ3) is 4.66. The Kier molecular flexibility index (Phi) is 6.58. The molecule has 6 heteroatoms. The minimum Gasteiger partial charge on any atom is -0.206 e. The second-order valence-electron chi connectivity index (χ2n) is 6.61. The standard InChI is InChI=1S/C22H18Cl2FN3/c1-14(27-28-26)19(11-15-7-10-20(23)21(24)12-15)17-8-9-18(22(25)13-17)16-5-3-2-4-6-16/h2-10,12-14,19H,11H2,1H3/t14-,19+/m0/s1. The normalized spacial score (nSPS) is 12.9. The van der Waals surface area contributed by atoms with Gasteiger partial charge in [0.05, 0.1) is 10.0 Å². The Morgan fingerprint density at radius 2 is 1.75 bits per heavy atom. The van der Waals surface area contributed by atoms with Crippen LogP contribution in [0.25, 0.3) is 21.6 Å². The van der Waals surface area contributed by atoms with Crippen LogP contribution < -0.4 is 0 Å². The summed E-state index contributed by atoms with van der Waals surface area (Å²) in [5, 5.41) is 4.78. The fourth-order valence-electron chi connectivity index (χ4n) is 3.26. The van der Waals surface area contributed by atoms with Crippen LogP contribution in [0.15, 0.2) is 71.8 Å². The van der Waals surface area contributed by atoms with Crippen LogP contribution in [0.2, 0.25) is 10.0 Å². The SMILES string of the molecule is C[C@H](N=[N+]=[N-])[C@@H](Cc1ccc(Cl)c(Cl)c1)c1ccc(-c2ccccc2)c(F)c1. The van der Waals surface area contributed by atoms with Crippen LogP contribution in [-0.2, 0) is 6.42 Å². The van der Waals surface area contributed by atoms with Crippen LogP contribution >= 0.6 is 23.2 Å². The first kappa shape index (κ1) is 20.2. The van der Waals surface area contributed by atoms with Crippen LogP contribution in [-0.4, -0.2) is 6.04 Å². The van der Waals surface area contributed by atoms with Gasteiger partial charge in [0.15, 0.2) is 0 Å². The Morgan fingerprint density at radius 3 is 2.39 bits per heavy atom. The van der Waals surface area contributed by atoms with Crippen molar-refractivity contribution in [3.63, 3.8) is 0 Å². The zero-order valence-electron chi connectivity index (χ0n) is 15.2. The maximum absolute atomic E-state index is 14.9. The minimum atomic E-state index is -0.360. The first-order chi connectivity index (χ1) is 13.5. The molecule has 0 aliphatic carbocycles. The van der Waals surface area contributed by atoms with Crippen molar-refractivity contribution in [2.45, 2.75) is 25.3 Å². The molecule has 0 unspecified atom stereocenters. The second kappa shape index (κ2) is 9.11. The molecule has 3 nitrogen and oxygen atoms in total. The van der Waals surface area contributed by atoms with Gasteiger partial charge < -0.3 is 0 Å². The van der Waals surface area contributed by atoms with Crippen molar-refractivity contribution in [3.8, 4) is 11.1 Å². The van der Waals surface area contributed by atoms with Gasteiger partial charge in [-0.15, -0.1) is 0 Å². The molecule has 0 aliphatic rings. The molecule has 0 amide bonds. The molecular weight excluding hydrogens is 396 g/mol. The molecule has 0 fully saturated rings. The summed E-state index contributed by atoms with van der Waals surface area (Å²) in [7, 11) is 0. The molecule has 0 aromatic heterocycles. The van der Waals surface area contributed by atoms with E-state index in [4.69, 9.17) is 28.7 Å². The number of rotatable bonds is 6. The number of hydrogen-bond donors (Lipinski definition) is 0. The average molecular weight is 414 g/mol. The van der Waals surface area contributed by atoms with E-state index in [1.54, 1.807) is 18.2 Å². The van der Waals surface area contributed by atoms with Gasteiger partial charge >= 0.3 is 0 Å². The molecule has 0 N–H and O–H groups in total. The molecule has 28 heavy (non-hydrogen) atoms. The molecule has 3 aromatic carbocycles. The third-order valence-electron chi connectivity index (χ3n) is 4.76. The van der Waals surface area contributed by atoms with Crippen molar-refractivity contribution in [2.24, 2.45) is 5.11 Å². The largest absolute Gasteiger partial charge is 0.206 e. The highest BCUT2D eigenvalue weighted by molar-refractivity contribution is 6.42. The summed E-state index contributed by atoms with van der Waals surface area (Å²) in [6.07, 6.45) is 0.543. The van der Waals surface area contributed by atoms with E-state index in [9.17, 15) is 4.39 Å². The fourth-order valence-corrected chi connectivity index (χ4v) is 3.58. The Balaban J connectivity index is 1.97. The van der Waals surface area contributed by atoms with E-state index in [0.29, 0.717) is 22.0 Å². The highest BCUT2D eigenvalue weighted by atomic mass is 35.5. The smallest absolute Gasteiger partial charge is 0.131 e. The fraction of sp³-hybridized carbons (Fsp3) is 0.182. The van der Waals surface area contributed by atoms with Gasteiger partial charge in [-0.25, -0.2) is 4.39 Å².